The SMILES string of the molecule is CCCCCCC(=O)NCCOC(=O)CCC1CCCCC1. The zero-order chi connectivity index (χ0) is 16.0. The minimum absolute atomic E-state index is 0.0642. The molecule has 4 nitrogen and oxygen atoms in total. The summed E-state index contributed by atoms with van der Waals surface area (Å²) in [5.41, 5.74) is 0. The van der Waals surface area contributed by atoms with Crippen LogP contribution < -0.4 is 5.32 Å². The van der Waals surface area contributed by atoms with Crippen LogP contribution in [-0.4, -0.2) is 25.0 Å². The number of hydrogen-bond donors (Lipinski definition) is 1. The van der Waals surface area contributed by atoms with E-state index in [1.807, 2.05) is 0 Å². The normalized spacial score (nSPS) is 15.5. The van der Waals surface area contributed by atoms with Crippen molar-refractivity contribution < 1.29 is 14.3 Å². The molecule has 0 spiro atoms. The third kappa shape index (κ3) is 9.80. The largest absolute Gasteiger partial charge is 0.464 e. The summed E-state index contributed by atoms with van der Waals surface area (Å²) in [4.78, 5) is 23.2. The second kappa shape index (κ2) is 12.5. The molecule has 0 aromatic rings. The Morgan fingerprint density at radius 1 is 1.05 bits per heavy atom. The summed E-state index contributed by atoms with van der Waals surface area (Å²) < 4.78 is 5.17. The van der Waals surface area contributed by atoms with Gasteiger partial charge in [-0.15, -0.1) is 0 Å². The third-order valence-corrected chi connectivity index (χ3v) is 4.43. The summed E-state index contributed by atoms with van der Waals surface area (Å²) in [5.74, 6) is 0.654. The van der Waals surface area contributed by atoms with Crippen molar-refractivity contribution in [2.24, 2.45) is 5.92 Å². The molecule has 128 valence electrons. The van der Waals surface area contributed by atoms with Gasteiger partial charge in [0.1, 0.15) is 6.61 Å². The molecule has 1 rings (SSSR count). The molecule has 1 N–H and O–H groups in total. The van der Waals surface area contributed by atoms with E-state index in [0.717, 1.165) is 19.3 Å². The first-order valence-corrected chi connectivity index (χ1v) is 9.14. The lowest BCUT2D eigenvalue weighted by atomic mass is 9.86. The van der Waals surface area contributed by atoms with E-state index in [1.165, 1.54) is 44.9 Å². The number of nitrogens with one attached hydrogen (secondary N) is 1. The van der Waals surface area contributed by atoms with Gasteiger partial charge in [-0.25, -0.2) is 0 Å². The number of ether oxygens (including phenoxy) is 1. The van der Waals surface area contributed by atoms with Gasteiger partial charge in [-0.05, 0) is 18.8 Å². The van der Waals surface area contributed by atoms with Crippen molar-refractivity contribution >= 4 is 11.9 Å². The summed E-state index contributed by atoms with van der Waals surface area (Å²) in [6, 6.07) is 0. The molecule has 0 saturated heterocycles. The average Bonchev–Trinajstić information content (AvgIpc) is 2.55. The minimum Gasteiger partial charge on any atom is -0.464 e. The molecule has 0 unspecified atom stereocenters. The van der Waals surface area contributed by atoms with Crippen LogP contribution in [0.15, 0.2) is 0 Å². The van der Waals surface area contributed by atoms with Gasteiger partial charge in [-0.3, -0.25) is 9.59 Å². The highest BCUT2D eigenvalue weighted by molar-refractivity contribution is 5.75. The van der Waals surface area contributed by atoms with Gasteiger partial charge in [0.2, 0.25) is 5.91 Å². The van der Waals surface area contributed by atoms with Crippen LogP contribution in [0.5, 0.6) is 0 Å². The number of carbonyl (C=O) groups excluding carboxylic acids is 2. The van der Waals surface area contributed by atoms with Crippen LogP contribution in [0.25, 0.3) is 0 Å². The topological polar surface area (TPSA) is 55.4 Å². The first kappa shape index (κ1) is 19.0. The highest BCUT2D eigenvalue weighted by Crippen LogP contribution is 2.27. The van der Waals surface area contributed by atoms with Gasteiger partial charge in [0, 0.05) is 12.8 Å². The molecule has 0 heterocycles. The highest BCUT2D eigenvalue weighted by atomic mass is 16.5. The zero-order valence-electron chi connectivity index (χ0n) is 14.2. The zero-order valence-corrected chi connectivity index (χ0v) is 14.2. The molecule has 4 heteroatoms. The number of rotatable bonds is 11. The van der Waals surface area contributed by atoms with Crippen molar-refractivity contribution in [1.82, 2.24) is 5.32 Å². The van der Waals surface area contributed by atoms with Gasteiger partial charge in [-0.1, -0.05) is 58.3 Å². The Morgan fingerprint density at radius 2 is 1.82 bits per heavy atom. The molecule has 1 fully saturated rings. The lowest BCUT2D eigenvalue weighted by molar-refractivity contribution is -0.144. The first-order valence-electron chi connectivity index (χ1n) is 9.14. The van der Waals surface area contributed by atoms with Crippen molar-refractivity contribution in [2.45, 2.75) is 84.0 Å². The molecule has 0 atom stereocenters. The molecule has 0 aromatic heterocycles. The fraction of sp³-hybridized carbons (Fsp3) is 0.889. The Labute approximate surface area is 135 Å². The van der Waals surface area contributed by atoms with Crippen LogP contribution in [0.1, 0.15) is 84.0 Å². The van der Waals surface area contributed by atoms with Crippen molar-refractivity contribution in [2.75, 3.05) is 13.2 Å². The fourth-order valence-electron chi connectivity index (χ4n) is 3.03. The maximum Gasteiger partial charge on any atom is 0.305 e. The summed E-state index contributed by atoms with van der Waals surface area (Å²) in [6.07, 6.45) is 13.0. The van der Waals surface area contributed by atoms with Crippen molar-refractivity contribution in [3.63, 3.8) is 0 Å². The van der Waals surface area contributed by atoms with Gasteiger partial charge in [-0.2, -0.15) is 0 Å². The Balaban J connectivity index is 1.92. The standard InChI is InChI=1S/C18H33NO3/c1-2-3-4-8-11-17(20)19-14-15-22-18(21)13-12-16-9-6-5-7-10-16/h16H,2-15H2,1H3,(H,19,20). The summed E-state index contributed by atoms with van der Waals surface area (Å²) in [6.45, 7) is 2.88. The Morgan fingerprint density at radius 3 is 2.55 bits per heavy atom. The second-order valence-corrected chi connectivity index (χ2v) is 6.42. The van der Waals surface area contributed by atoms with Crippen LogP contribution in [0.4, 0.5) is 0 Å². The minimum atomic E-state index is -0.122. The smallest absolute Gasteiger partial charge is 0.305 e. The Kier molecular flexibility index (Phi) is 10.8. The fourth-order valence-corrected chi connectivity index (χ4v) is 3.03. The molecule has 1 aliphatic carbocycles. The number of amides is 1. The van der Waals surface area contributed by atoms with Gasteiger partial charge in [0.05, 0.1) is 6.54 Å². The van der Waals surface area contributed by atoms with E-state index in [9.17, 15) is 9.59 Å². The molecule has 1 amide bonds. The maximum atomic E-state index is 11.6. The number of unbranched alkanes of at least 4 members (excludes halogenated alkanes) is 3. The summed E-state index contributed by atoms with van der Waals surface area (Å²) >= 11 is 0. The quantitative estimate of drug-likeness (QED) is 0.464. The molecule has 22 heavy (non-hydrogen) atoms. The van der Waals surface area contributed by atoms with E-state index in [2.05, 4.69) is 12.2 Å². The molecular formula is C18H33NO3. The Bertz CT molecular complexity index is 311. The Hall–Kier alpha value is -1.06. The van der Waals surface area contributed by atoms with Crippen molar-refractivity contribution in [3.8, 4) is 0 Å². The van der Waals surface area contributed by atoms with Gasteiger partial charge < -0.3 is 10.1 Å². The number of carbonyl (C=O) groups is 2. The first-order chi connectivity index (χ1) is 10.7. The molecule has 0 bridgehead atoms. The predicted molar refractivity (Wildman–Crippen MR) is 88.5 cm³/mol. The van der Waals surface area contributed by atoms with E-state index < -0.39 is 0 Å². The lowest BCUT2D eigenvalue weighted by Gasteiger charge is -2.20. The monoisotopic (exact) mass is 311 g/mol. The van der Waals surface area contributed by atoms with E-state index in [4.69, 9.17) is 4.74 Å². The van der Waals surface area contributed by atoms with E-state index in [1.54, 1.807) is 0 Å². The molecule has 0 aliphatic heterocycles. The predicted octanol–water partition coefficient (Wildman–Crippen LogP) is 3.98. The van der Waals surface area contributed by atoms with Crippen LogP contribution in [-0.2, 0) is 14.3 Å². The van der Waals surface area contributed by atoms with Crippen molar-refractivity contribution in [1.29, 1.82) is 0 Å². The van der Waals surface area contributed by atoms with Gasteiger partial charge in [0.25, 0.3) is 0 Å². The molecular weight excluding hydrogens is 278 g/mol. The molecule has 1 saturated carbocycles. The van der Waals surface area contributed by atoms with Gasteiger partial charge >= 0.3 is 5.97 Å². The van der Waals surface area contributed by atoms with Crippen LogP contribution in [0, 0.1) is 5.92 Å². The van der Waals surface area contributed by atoms with E-state index >= 15 is 0 Å². The number of esters is 1. The number of hydrogen-bond acceptors (Lipinski definition) is 3. The maximum absolute atomic E-state index is 11.6. The summed E-state index contributed by atoms with van der Waals surface area (Å²) in [5, 5.41) is 2.80. The molecule has 0 radical (unpaired) electrons. The van der Waals surface area contributed by atoms with E-state index in [-0.39, 0.29) is 11.9 Å². The lowest BCUT2D eigenvalue weighted by Crippen LogP contribution is -2.27. The van der Waals surface area contributed by atoms with Crippen LogP contribution >= 0.6 is 0 Å². The average molecular weight is 311 g/mol. The van der Waals surface area contributed by atoms with Gasteiger partial charge in [0.15, 0.2) is 0 Å². The highest BCUT2D eigenvalue weighted by Gasteiger charge is 2.15. The van der Waals surface area contributed by atoms with Crippen LogP contribution in [0.2, 0.25) is 0 Å². The molecule has 1 aliphatic rings. The molecule has 0 aromatic carbocycles. The summed E-state index contributed by atoms with van der Waals surface area (Å²) in [7, 11) is 0. The van der Waals surface area contributed by atoms with Crippen molar-refractivity contribution in [3.05, 3.63) is 0 Å². The van der Waals surface area contributed by atoms with E-state index in [0.29, 0.717) is 31.9 Å². The third-order valence-electron chi connectivity index (χ3n) is 4.43. The van der Waals surface area contributed by atoms with Crippen LogP contribution in [0.3, 0.4) is 0 Å². The second-order valence-electron chi connectivity index (χ2n) is 6.42.